The molecule has 0 rings (SSSR count). The van der Waals surface area contributed by atoms with Gasteiger partial charge < -0.3 is 8.85 Å². The molecule has 0 fully saturated rings. The SMILES string of the molecule is CCC(Cl)[SiH](OC)OC. The summed E-state index contributed by atoms with van der Waals surface area (Å²) in [4.78, 5) is 0. The van der Waals surface area contributed by atoms with Crippen LogP contribution in [-0.4, -0.2) is 28.5 Å². The van der Waals surface area contributed by atoms with E-state index in [1.807, 2.05) is 6.92 Å². The van der Waals surface area contributed by atoms with Gasteiger partial charge in [-0.25, -0.2) is 0 Å². The second-order valence-corrected chi connectivity index (χ2v) is 5.23. The standard InChI is InChI=1S/C5H13ClO2Si/c1-4-5(6)9(7-2)8-3/h5,9H,4H2,1-3H3. The van der Waals surface area contributed by atoms with E-state index in [-0.39, 0.29) is 5.00 Å². The summed E-state index contributed by atoms with van der Waals surface area (Å²) in [7, 11) is 1.77. The molecule has 0 aromatic rings. The molecule has 1 atom stereocenters. The summed E-state index contributed by atoms with van der Waals surface area (Å²) in [6.07, 6.45) is 0.917. The highest BCUT2D eigenvalue weighted by molar-refractivity contribution is 6.59. The molecule has 0 radical (unpaired) electrons. The van der Waals surface area contributed by atoms with Crippen molar-refractivity contribution in [2.75, 3.05) is 14.2 Å². The number of hydrogen-bond acceptors (Lipinski definition) is 2. The Kier molecular flexibility index (Phi) is 5.48. The first-order chi connectivity index (χ1) is 4.26. The number of alkyl halides is 1. The molecule has 4 heteroatoms. The van der Waals surface area contributed by atoms with Crippen molar-refractivity contribution in [1.82, 2.24) is 0 Å². The van der Waals surface area contributed by atoms with Crippen molar-refractivity contribution in [2.24, 2.45) is 0 Å². The van der Waals surface area contributed by atoms with Gasteiger partial charge in [-0.2, -0.15) is 0 Å². The molecule has 0 heterocycles. The zero-order valence-electron chi connectivity index (χ0n) is 6.06. The van der Waals surface area contributed by atoms with E-state index in [1.165, 1.54) is 0 Å². The first kappa shape index (κ1) is 9.43. The van der Waals surface area contributed by atoms with Crippen LogP contribution in [0.5, 0.6) is 0 Å². The summed E-state index contributed by atoms with van der Waals surface area (Å²) in [5.74, 6) is 0. The summed E-state index contributed by atoms with van der Waals surface area (Å²) in [6.45, 7) is 2.02. The van der Waals surface area contributed by atoms with Crippen molar-refractivity contribution in [1.29, 1.82) is 0 Å². The Hall–Kier alpha value is 0.427. The van der Waals surface area contributed by atoms with E-state index in [4.69, 9.17) is 20.5 Å². The van der Waals surface area contributed by atoms with Crippen molar-refractivity contribution in [2.45, 2.75) is 18.3 Å². The van der Waals surface area contributed by atoms with Crippen molar-refractivity contribution >= 4 is 20.9 Å². The lowest BCUT2D eigenvalue weighted by molar-refractivity contribution is 0.274. The molecule has 1 unspecified atom stereocenters. The number of hydrogen-bond donors (Lipinski definition) is 0. The Labute approximate surface area is 63.0 Å². The van der Waals surface area contributed by atoms with Gasteiger partial charge in [0.2, 0.25) is 0 Å². The molecule has 0 aromatic heterocycles. The molecule has 0 amide bonds. The van der Waals surface area contributed by atoms with E-state index in [0.29, 0.717) is 0 Å². The molecule has 0 spiro atoms. The van der Waals surface area contributed by atoms with Gasteiger partial charge in [0.05, 0.1) is 5.00 Å². The second-order valence-electron chi connectivity index (χ2n) is 1.76. The molecular formula is C5H13ClO2Si. The van der Waals surface area contributed by atoms with Crippen LogP contribution in [0.25, 0.3) is 0 Å². The van der Waals surface area contributed by atoms with Crippen molar-refractivity contribution in [3.8, 4) is 0 Å². The molecule has 0 saturated carbocycles. The summed E-state index contributed by atoms with van der Waals surface area (Å²) in [5, 5.41) is 0.0972. The van der Waals surface area contributed by atoms with Crippen LogP contribution >= 0.6 is 11.6 Å². The molecule has 2 nitrogen and oxygen atoms in total. The van der Waals surface area contributed by atoms with E-state index in [0.717, 1.165) is 6.42 Å². The second kappa shape index (κ2) is 5.23. The van der Waals surface area contributed by atoms with Gasteiger partial charge in [0.15, 0.2) is 0 Å². The minimum atomic E-state index is -1.52. The van der Waals surface area contributed by atoms with E-state index in [1.54, 1.807) is 14.2 Å². The molecular weight excluding hydrogens is 156 g/mol. The monoisotopic (exact) mass is 168 g/mol. The van der Waals surface area contributed by atoms with Crippen LogP contribution in [0.15, 0.2) is 0 Å². The van der Waals surface area contributed by atoms with Gasteiger partial charge in [0.25, 0.3) is 0 Å². The molecule has 0 aliphatic rings. The summed E-state index contributed by atoms with van der Waals surface area (Å²) in [5.41, 5.74) is 0. The number of halogens is 1. The molecule has 0 bridgehead atoms. The quantitative estimate of drug-likeness (QED) is 0.462. The highest BCUT2D eigenvalue weighted by atomic mass is 35.5. The molecule has 0 saturated heterocycles. The van der Waals surface area contributed by atoms with Crippen molar-refractivity contribution in [3.05, 3.63) is 0 Å². The van der Waals surface area contributed by atoms with E-state index in [2.05, 4.69) is 0 Å². The Bertz CT molecular complexity index is 68.0. The predicted molar refractivity (Wildman–Crippen MR) is 41.1 cm³/mol. The summed E-state index contributed by atoms with van der Waals surface area (Å²) >= 11 is 5.84. The average molecular weight is 169 g/mol. The van der Waals surface area contributed by atoms with E-state index >= 15 is 0 Å². The fraction of sp³-hybridized carbons (Fsp3) is 1.00. The van der Waals surface area contributed by atoms with Gasteiger partial charge in [-0.15, -0.1) is 11.6 Å². The van der Waals surface area contributed by atoms with Crippen LogP contribution in [0.3, 0.4) is 0 Å². The van der Waals surface area contributed by atoms with Crippen LogP contribution in [0.1, 0.15) is 13.3 Å². The Morgan fingerprint density at radius 3 is 2.00 bits per heavy atom. The van der Waals surface area contributed by atoms with Crippen molar-refractivity contribution < 1.29 is 8.85 Å². The molecule has 0 aliphatic heterocycles. The topological polar surface area (TPSA) is 18.5 Å². The summed E-state index contributed by atoms with van der Waals surface area (Å²) in [6, 6.07) is 0. The van der Waals surface area contributed by atoms with Crippen LogP contribution < -0.4 is 0 Å². The lowest BCUT2D eigenvalue weighted by Gasteiger charge is -2.14. The Balaban J connectivity index is 3.50. The third kappa shape index (κ3) is 3.20. The molecule has 0 N–H and O–H groups in total. The maximum Gasteiger partial charge on any atom is 0.339 e. The molecule has 9 heavy (non-hydrogen) atoms. The minimum absolute atomic E-state index is 0.0972. The lowest BCUT2D eigenvalue weighted by Crippen LogP contribution is -2.30. The fourth-order valence-electron chi connectivity index (χ4n) is 0.584. The third-order valence-electron chi connectivity index (χ3n) is 1.15. The van der Waals surface area contributed by atoms with E-state index < -0.39 is 9.28 Å². The van der Waals surface area contributed by atoms with Crippen LogP contribution in [0.4, 0.5) is 0 Å². The van der Waals surface area contributed by atoms with Gasteiger partial charge in [0, 0.05) is 14.2 Å². The van der Waals surface area contributed by atoms with Gasteiger partial charge >= 0.3 is 9.28 Å². The van der Waals surface area contributed by atoms with Crippen LogP contribution in [-0.2, 0) is 8.85 Å². The lowest BCUT2D eigenvalue weighted by atomic mass is 10.6. The zero-order chi connectivity index (χ0) is 7.28. The Morgan fingerprint density at radius 1 is 1.44 bits per heavy atom. The maximum atomic E-state index is 5.84. The first-order valence-electron chi connectivity index (χ1n) is 2.95. The maximum absolute atomic E-state index is 5.84. The van der Waals surface area contributed by atoms with Gasteiger partial charge in [-0.3, -0.25) is 0 Å². The minimum Gasteiger partial charge on any atom is -0.399 e. The fourth-order valence-corrected chi connectivity index (χ4v) is 2.37. The average Bonchev–Trinajstić information content (AvgIpc) is 1.90. The van der Waals surface area contributed by atoms with Gasteiger partial charge in [-0.05, 0) is 6.42 Å². The first-order valence-corrected chi connectivity index (χ1v) is 5.00. The molecule has 0 aliphatic carbocycles. The normalized spacial score (nSPS) is 14.3. The summed E-state index contributed by atoms with van der Waals surface area (Å²) < 4.78 is 10.1. The third-order valence-corrected chi connectivity index (χ3v) is 4.07. The highest BCUT2D eigenvalue weighted by Crippen LogP contribution is 2.06. The smallest absolute Gasteiger partial charge is 0.339 e. The van der Waals surface area contributed by atoms with Crippen LogP contribution in [0.2, 0.25) is 0 Å². The Morgan fingerprint density at radius 2 is 1.89 bits per heavy atom. The van der Waals surface area contributed by atoms with Gasteiger partial charge in [0.1, 0.15) is 0 Å². The van der Waals surface area contributed by atoms with E-state index in [9.17, 15) is 0 Å². The predicted octanol–water partition coefficient (Wildman–Crippen LogP) is 1.06. The van der Waals surface area contributed by atoms with Gasteiger partial charge in [-0.1, -0.05) is 6.92 Å². The van der Waals surface area contributed by atoms with Crippen molar-refractivity contribution in [3.63, 3.8) is 0 Å². The molecule has 56 valence electrons. The molecule has 0 aromatic carbocycles. The highest BCUT2D eigenvalue weighted by Gasteiger charge is 2.19. The zero-order valence-corrected chi connectivity index (χ0v) is 7.97. The van der Waals surface area contributed by atoms with Crippen LogP contribution in [0, 0.1) is 0 Å². The largest absolute Gasteiger partial charge is 0.399 e. The number of rotatable bonds is 4.